The molecule has 0 aliphatic rings. The lowest BCUT2D eigenvalue weighted by atomic mass is 10.0. The van der Waals surface area contributed by atoms with Crippen molar-refractivity contribution in [2.45, 2.75) is 4.90 Å². The Hall–Kier alpha value is -1.49. The Balaban J connectivity index is 2.70. The van der Waals surface area contributed by atoms with Gasteiger partial charge in [-0.3, -0.25) is 0 Å². The van der Waals surface area contributed by atoms with Gasteiger partial charge in [-0.05, 0) is 17.7 Å². The second kappa shape index (κ2) is 4.41. The molecule has 0 bridgehead atoms. The van der Waals surface area contributed by atoms with Crippen LogP contribution in [0.5, 0.6) is 0 Å². The van der Waals surface area contributed by atoms with E-state index in [4.69, 9.17) is 0 Å². The molecule has 0 unspecified atom stereocenters. The van der Waals surface area contributed by atoms with E-state index in [2.05, 4.69) is 12.6 Å². The fraction of sp³-hybridized carbons (Fsp3) is 0. The lowest BCUT2D eigenvalue weighted by molar-refractivity contribution is 0.458. The zero-order valence-corrected chi connectivity index (χ0v) is 9.24. The van der Waals surface area contributed by atoms with E-state index >= 15 is 0 Å². The van der Waals surface area contributed by atoms with Crippen molar-refractivity contribution in [1.29, 1.82) is 0 Å². The Morgan fingerprint density at radius 3 is 1.71 bits per heavy atom. The summed E-state index contributed by atoms with van der Waals surface area (Å²) in [5, 5.41) is 0. The van der Waals surface area contributed by atoms with E-state index in [0.717, 1.165) is 0 Å². The molecule has 2 rings (SSSR count). The van der Waals surface area contributed by atoms with Crippen LogP contribution < -0.4 is 0 Å². The van der Waals surface area contributed by atoms with Gasteiger partial charge in [0.05, 0.1) is 5.56 Å². The Kier molecular flexibility index (Phi) is 3.11. The average molecular weight is 258 g/mol. The number of rotatable bonds is 1. The van der Waals surface area contributed by atoms with Crippen molar-refractivity contribution in [2.24, 2.45) is 0 Å². The van der Waals surface area contributed by atoms with Crippen molar-refractivity contribution >= 4 is 12.6 Å². The second-order valence-electron chi connectivity index (χ2n) is 3.39. The highest BCUT2D eigenvalue weighted by atomic mass is 32.1. The molecule has 0 radical (unpaired) electrons. The molecule has 2 aromatic carbocycles. The topological polar surface area (TPSA) is 0 Å². The van der Waals surface area contributed by atoms with E-state index in [-0.39, 0.29) is 11.6 Å². The predicted octanol–water partition coefficient (Wildman–Crippen LogP) is 4.20. The van der Waals surface area contributed by atoms with Crippen molar-refractivity contribution in [2.75, 3.05) is 0 Å². The predicted molar refractivity (Wildman–Crippen MR) is 59.0 cm³/mol. The SMILES string of the molecule is Fc1cc(F)c(F)c(-c2ccc(S)cc2)c1F. The molecule has 0 N–H and O–H groups in total. The van der Waals surface area contributed by atoms with Gasteiger partial charge in [-0.1, -0.05) is 12.1 Å². The molecular formula is C12H6F4S. The number of hydrogen-bond acceptors (Lipinski definition) is 1. The van der Waals surface area contributed by atoms with E-state index in [1.165, 1.54) is 24.3 Å². The van der Waals surface area contributed by atoms with Crippen molar-refractivity contribution < 1.29 is 17.6 Å². The summed E-state index contributed by atoms with van der Waals surface area (Å²) in [6.45, 7) is 0. The fourth-order valence-corrected chi connectivity index (χ4v) is 1.60. The molecule has 0 aliphatic carbocycles. The summed E-state index contributed by atoms with van der Waals surface area (Å²) in [4.78, 5) is 0.575. The Labute approximate surface area is 100 Å². The van der Waals surface area contributed by atoms with Gasteiger partial charge >= 0.3 is 0 Å². The van der Waals surface area contributed by atoms with Gasteiger partial charge in [-0.15, -0.1) is 12.6 Å². The second-order valence-corrected chi connectivity index (χ2v) is 3.91. The summed E-state index contributed by atoms with van der Waals surface area (Å²) < 4.78 is 52.8. The lowest BCUT2D eigenvalue weighted by Crippen LogP contribution is -1.98. The molecule has 0 nitrogen and oxygen atoms in total. The molecule has 0 aliphatic heterocycles. The Morgan fingerprint density at radius 2 is 1.24 bits per heavy atom. The molecular weight excluding hydrogens is 252 g/mol. The monoisotopic (exact) mass is 258 g/mol. The first kappa shape index (κ1) is 12.0. The van der Waals surface area contributed by atoms with Crippen LogP contribution in [-0.4, -0.2) is 0 Å². The molecule has 0 amide bonds. The van der Waals surface area contributed by atoms with Gasteiger partial charge in [-0.2, -0.15) is 0 Å². The van der Waals surface area contributed by atoms with Gasteiger partial charge in [0.1, 0.15) is 0 Å². The van der Waals surface area contributed by atoms with Crippen LogP contribution >= 0.6 is 12.6 Å². The number of hydrogen-bond donors (Lipinski definition) is 1. The van der Waals surface area contributed by atoms with E-state index in [1.807, 2.05) is 0 Å². The first-order valence-corrected chi connectivity index (χ1v) is 5.08. The quantitative estimate of drug-likeness (QED) is 0.442. The molecule has 0 fully saturated rings. The highest BCUT2D eigenvalue weighted by molar-refractivity contribution is 7.80. The number of thiol groups is 1. The van der Waals surface area contributed by atoms with Gasteiger partial charge in [0.15, 0.2) is 23.3 Å². The first-order valence-electron chi connectivity index (χ1n) is 4.63. The zero-order chi connectivity index (χ0) is 12.6. The van der Waals surface area contributed by atoms with Crippen LogP contribution in [0.3, 0.4) is 0 Å². The van der Waals surface area contributed by atoms with Crippen molar-refractivity contribution in [1.82, 2.24) is 0 Å². The fourth-order valence-electron chi connectivity index (χ4n) is 1.45. The van der Waals surface area contributed by atoms with Crippen LogP contribution in [0.2, 0.25) is 0 Å². The molecule has 0 saturated heterocycles. The van der Waals surface area contributed by atoms with Crippen LogP contribution in [0.25, 0.3) is 11.1 Å². The molecule has 17 heavy (non-hydrogen) atoms. The summed E-state index contributed by atoms with van der Waals surface area (Å²) in [6, 6.07) is 5.80. The molecule has 5 heteroatoms. The summed E-state index contributed by atoms with van der Waals surface area (Å²) in [5.74, 6) is -5.66. The molecule has 0 heterocycles. The molecule has 0 saturated carbocycles. The molecule has 0 spiro atoms. The van der Waals surface area contributed by atoms with Crippen LogP contribution in [0.1, 0.15) is 0 Å². The minimum Gasteiger partial charge on any atom is -0.204 e. The summed E-state index contributed by atoms with van der Waals surface area (Å²) in [7, 11) is 0. The van der Waals surface area contributed by atoms with Gasteiger partial charge in [-0.25, -0.2) is 17.6 Å². The Morgan fingerprint density at radius 1 is 0.765 bits per heavy atom. The summed E-state index contributed by atoms with van der Waals surface area (Å²) in [6.07, 6.45) is 0. The maximum atomic E-state index is 13.4. The van der Waals surface area contributed by atoms with E-state index < -0.39 is 28.8 Å². The highest BCUT2D eigenvalue weighted by Crippen LogP contribution is 2.29. The third-order valence-corrected chi connectivity index (χ3v) is 2.57. The Bertz CT molecular complexity index is 537. The maximum absolute atomic E-state index is 13.4. The number of benzene rings is 2. The molecule has 0 aromatic heterocycles. The van der Waals surface area contributed by atoms with Crippen molar-refractivity contribution in [3.05, 3.63) is 53.6 Å². The van der Waals surface area contributed by atoms with Crippen LogP contribution in [0.15, 0.2) is 35.2 Å². The van der Waals surface area contributed by atoms with E-state index in [9.17, 15) is 17.6 Å². The smallest absolute Gasteiger partial charge is 0.169 e. The van der Waals surface area contributed by atoms with Crippen LogP contribution in [0, 0.1) is 23.3 Å². The largest absolute Gasteiger partial charge is 0.204 e. The third kappa shape index (κ3) is 2.15. The van der Waals surface area contributed by atoms with E-state index in [0.29, 0.717) is 4.90 Å². The molecule has 0 atom stereocenters. The molecule has 2 aromatic rings. The highest BCUT2D eigenvalue weighted by Gasteiger charge is 2.20. The van der Waals surface area contributed by atoms with Crippen LogP contribution in [-0.2, 0) is 0 Å². The normalized spacial score (nSPS) is 10.6. The standard InChI is InChI=1S/C12H6F4S/c13-8-5-9(14)12(16)10(11(8)15)6-1-3-7(17)4-2-6/h1-5,17H. The van der Waals surface area contributed by atoms with Crippen molar-refractivity contribution in [3.63, 3.8) is 0 Å². The number of halogens is 4. The van der Waals surface area contributed by atoms with Gasteiger partial charge in [0.2, 0.25) is 0 Å². The maximum Gasteiger partial charge on any atom is 0.169 e. The van der Waals surface area contributed by atoms with E-state index in [1.54, 1.807) is 0 Å². The molecule has 88 valence electrons. The minimum absolute atomic E-state index is 0.0520. The third-order valence-electron chi connectivity index (χ3n) is 2.27. The van der Waals surface area contributed by atoms with Crippen molar-refractivity contribution in [3.8, 4) is 11.1 Å². The van der Waals surface area contributed by atoms with Gasteiger partial charge < -0.3 is 0 Å². The van der Waals surface area contributed by atoms with Gasteiger partial charge in [0, 0.05) is 11.0 Å². The summed E-state index contributed by atoms with van der Waals surface area (Å²) >= 11 is 4.00. The lowest BCUT2D eigenvalue weighted by Gasteiger charge is -2.07. The first-order chi connectivity index (χ1) is 8.00. The average Bonchev–Trinajstić information content (AvgIpc) is 2.29. The minimum atomic E-state index is -1.42. The summed E-state index contributed by atoms with van der Waals surface area (Å²) in [5.41, 5.74) is -0.660. The van der Waals surface area contributed by atoms with Crippen LogP contribution in [0.4, 0.5) is 17.6 Å². The zero-order valence-electron chi connectivity index (χ0n) is 8.35. The van der Waals surface area contributed by atoms with Gasteiger partial charge in [0.25, 0.3) is 0 Å².